The van der Waals surface area contributed by atoms with Gasteiger partial charge in [0.1, 0.15) is 12.4 Å². The van der Waals surface area contributed by atoms with Crippen LogP contribution in [0.15, 0.2) is 67.0 Å². The van der Waals surface area contributed by atoms with Crippen LogP contribution in [0.25, 0.3) is 0 Å². The van der Waals surface area contributed by atoms with Crippen molar-refractivity contribution in [2.45, 2.75) is 27.0 Å². The highest BCUT2D eigenvalue weighted by Gasteiger charge is 2.12. The van der Waals surface area contributed by atoms with Crippen molar-refractivity contribution in [1.29, 1.82) is 0 Å². The summed E-state index contributed by atoms with van der Waals surface area (Å²) in [4.78, 5) is 16.7. The van der Waals surface area contributed by atoms with Gasteiger partial charge in [0, 0.05) is 23.4 Å². The van der Waals surface area contributed by atoms with Crippen LogP contribution in [0.5, 0.6) is 5.75 Å². The van der Waals surface area contributed by atoms with Crippen molar-refractivity contribution in [3.63, 3.8) is 0 Å². The Morgan fingerprint density at radius 3 is 2.40 bits per heavy atom. The summed E-state index contributed by atoms with van der Waals surface area (Å²) in [7, 11) is 0. The highest BCUT2D eigenvalue weighted by atomic mass is 16.5. The van der Waals surface area contributed by atoms with Gasteiger partial charge < -0.3 is 4.74 Å². The van der Waals surface area contributed by atoms with E-state index in [1.54, 1.807) is 0 Å². The molecule has 0 N–H and O–H groups in total. The van der Waals surface area contributed by atoms with Gasteiger partial charge in [-0.2, -0.15) is 4.57 Å². The number of ketones is 1. The Morgan fingerprint density at radius 1 is 1.00 bits per heavy atom. The van der Waals surface area contributed by atoms with Crippen LogP contribution in [0.3, 0.4) is 0 Å². The minimum Gasteiger partial charge on any atom is -0.487 e. The number of carbonyl (C=O) groups excluding carboxylic acids is 1. The van der Waals surface area contributed by atoms with Gasteiger partial charge in [0.15, 0.2) is 12.4 Å². The molecule has 0 atom stereocenters. The molecule has 126 valence electrons. The summed E-state index contributed by atoms with van der Waals surface area (Å²) in [6.07, 6.45) is 3.70. The Hall–Kier alpha value is -3.01. The molecule has 0 bridgehead atoms. The second-order valence-electron chi connectivity index (χ2n) is 6.05. The van der Waals surface area contributed by atoms with Crippen molar-refractivity contribution >= 4 is 5.78 Å². The molecule has 2 aromatic heterocycles. The van der Waals surface area contributed by atoms with Gasteiger partial charge in [0.05, 0.1) is 5.69 Å². The fourth-order valence-electron chi connectivity index (χ4n) is 2.48. The van der Waals surface area contributed by atoms with Crippen LogP contribution in [0.4, 0.5) is 0 Å². The third kappa shape index (κ3) is 4.73. The monoisotopic (exact) mass is 333 g/mol. The Bertz CT molecular complexity index is 856. The normalized spacial score (nSPS) is 10.5. The molecule has 25 heavy (non-hydrogen) atoms. The van der Waals surface area contributed by atoms with Crippen molar-refractivity contribution in [3.8, 4) is 5.75 Å². The summed E-state index contributed by atoms with van der Waals surface area (Å²) in [6, 6.07) is 17.2. The van der Waals surface area contributed by atoms with Crippen molar-refractivity contribution in [1.82, 2.24) is 4.98 Å². The fourth-order valence-corrected chi connectivity index (χ4v) is 2.48. The van der Waals surface area contributed by atoms with Gasteiger partial charge in [-0.05, 0) is 26.0 Å². The van der Waals surface area contributed by atoms with Crippen molar-refractivity contribution in [2.75, 3.05) is 0 Å². The first-order valence-corrected chi connectivity index (χ1v) is 8.24. The summed E-state index contributed by atoms with van der Waals surface area (Å²) in [5.74, 6) is 0.838. The number of carbonyl (C=O) groups is 1. The molecule has 0 amide bonds. The van der Waals surface area contributed by atoms with E-state index in [4.69, 9.17) is 4.74 Å². The zero-order valence-corrected chi connectivity index (χ0v) is 14.5. The largest absolute Gasteiger partial charge is 0.487 e. The first-order chi connectivity index (χ1) is 12.1. The number of benzene rings is 1. The van der Waals surface area contributed by atoms with E-state index in [1.165, 1.54) is 0 Å². The molecule has 0 saturated heterocycles. The zero-order chi connectivity index (χ0) is 17.6. The lowest BCUT2D eigenvalue weighted by atomic mass is 10.1. The number of Topliss-reactive ketones (excluding diaryl/α,β-unsaturated/α-hetero) is 1. The molecule has 0 aliphatic heterocycles. The van der Waals surface area contributed by atoms with E-state index in [-0.39, 0.29) is 5.78 Å². The van der Waals surface area contributed by atoms with Gasteiger partial charge in [0.25, 0.3) is 0 Å². The highest BCUT2D eigenvalue weighted by Crippen LogP contribution is 2.10. The molecule has 0 spiro atoms. The van der Waals surface area contributed by atoms with Crippen LogP contribution < -0.4 is 9.30 Å². The van der Waals surface area contributed by atoms with Gasteiger partial charge >= 0.3 is 0 Å². The molecule has 0 fully saturated rings. The quantitative estimate of drug-likeness (QED) is 0.513. The number of hydrogen-bond acceptors (Lipinski definition) is 3. The molecule has 4 nitrogen and oxygen atoms in total. The van der Waals surface area contributed by atoms with E-state index < -0.39 is 0 Å². The lowest BCUT2D eigenvalue weighted by Gasteiger charge is -2.05. The number of hydrogen-bond donors (Lipinski definition) is 0. The summed E-state index contributed by atoms with van der Waals surface area (Å²) in [6.45, 7) is 4.70. The smallest absolute Gasteiger partial charge is 0.227 e. The third-order valence-electron chi connectivity index (χ3n) is 3.89. The third-order valence-corrected chi connectivity index (χ3v) is 3.89. The van der Waals surface area contributed by atoms with Gasteiger partial charge in [-0.25, -0.2) is 0 Å². The van der Waals surface area contributed by atoms with Crippen molar-refractivity contribution in [2.24, 2.45) is 0 Å². The molecule has 0 aliphatic rings. The van der Waals surface area contributed by atoms with Crippen LogP contribution in [0.1, 0.15) is 27.3 Å². The molecule has 0 radical (unpaired) electrons. The topological polar surface area (TPSA) is 43.1 Å². The maximum atomic E-state index is 12.3. The van der Waals surface area contributed by atoms with Crippen LogP contribution in [-0.4, -0.2) is 10.8 Å². The molecular formula is C21H21N2O2+. The predicted octanol–water partition coefficient (Wildman–Crippen LogP) is 3.45. The minimum atomic E-state index is 0.0858. The van der Waals surface area contributed by atoms with Crippen LogP contribution in [0.2, 0.25) is 0 Å². The van der Waals surface area contributed by atoms with Gasteiger partial charge in [-0.1, -0.05) is 35.9 Å². The van der Waals surface area contributed by atoms with E-state index in [0.717, 1.165) is 28.3 Å². The molecule has 3 rings (SSSR count). The van der Waals surface area contributed by atoms with Crippen molar-refractivity contribution < 1.29 is 14.1 Å². The number of ether oxygens (including phenoxy) is 1. The van der Waals surface area contributed by atoms with E-state index >= 15 is 0 Å². The number of nitrogens with zero attached hydrogens (tertiary/aromatic N) is 2. The number of aryl methyl sites for hydroxylation is 2. The molecule has 0 saturated carbocycles. The summed E-state index contributed by atoms with van der Waals surface area (Å²) >= 11 is 0. The average Bonchev–Trinajstić information content (AvgIpc) is 2.62. The van der Waals surface area contributed by atoms with E-state index in [0.29, 0.717) is 13.2 Å². The lowest BCUT2D eigenvalue weighted by Crippen LogP contribution is -2.36. The Balaban J connectivity index is 1.58. The minimum absolute atomic E-state index is 0.0858. The Kier molecular flexibility index (Phi) is 5.19. The average molecular weight is 333 g/mol. The summed E-state index contributed by atoms with van der Waals surface area (Å²) in [5, 5.41) is 0. The molecule has 3 aromatic rings. The van der Waals surface area contributed by atoms with Gasteiger partial charge in [-0.15, -0.1) is 0 Å². The number of rotatable bonds is 6. The maximum absolute atomic E-state index is 12.3. The maximum Gasteiger partial charge on any atom is 0.227 e. The molecular weight excluding hydrogens is 312 g/mol. The summed E-state index contributed by atoms with van der Waals surface area (Å²) < 4.78 is 7.59. The SMILES string of the molecule is Cc1ccc(C(=O)C[n+]2ccc(OCc3cccc(C)n3)cc2)cc1. The molecule has 4 heteroatoms. The highest BCUT2D eigenvalue weighted by molar-refractivity contribution is 5.95. The fraction of sp³-hybridized carbons (Fsp3) is 0.190. The van der Waals surface area contributed by atoms with Crippen LogP contribution >= 0.6 is 0 Å². The molecule has 0 aliphatic carbocycles. The lowest BCUT2D eigenvalue weighted by molar-refractivity contribution is -0.683. The van der Waals surface area contributed by atoms with Gasteiger partial charge in [-0.3, -0.25) is 9.78 Å². The molecule has 2 heterocycles. The van der Waals surface area contributed by atoms with Crippen molar-refractivity contribution in [3.05, 3.63) is 89.5 Å². The van der Waals surface area contributed by atoms with E-state index in [2.05, 4.69) is 4.98 Å². The van der Waals surface area contributed by atoms with E-state index in [1.807, 2.05) is 85.4 Å². The second-order valence-corrected chi connectivity index (χ2v) is 6.05. The number of aromatic nitrogens is 2. The predicted molar refractivity (Wildman–Crippen MR) is 95.5 cm³/mol. The summed E-state index contributed by atoms with van der Waals surface area (Å²) in [5.41, 5.74) is 3.74. The number of pyridine rings is 2. The first-order valence-electron chi connectivity index (χ1n) is 8.24. The second kappa shape index (κ2) is 7.71. The Labute approximate surface area is 147 Å². The first kappa shape index (κ1) is 16.8. The van der Waals surface area contributed by atoms with Crippen LogP contribution in [0, 0.1) is 13.8 Å². The van der Waals surface area contributed by atoms with Crippen LogP contribution in [-0.2, 0) is 13.2 Å². The van der Waals surface area contributed by atoms with Gasteiger partial charge in [0.2, 0.25) is 12.3 Å². The molecule has 1 aromatic carbocycles. The Morgan fingerprint density at radius 2 is 1.72 bits per heavy atom. The zero-order valence-electron chi connectivity index (χ0n) is 14.5. The van der Waals surface area contributed by atoms with E-state index in [9.17, 15) is 4.79 Å². The standard InChI is InChI=1S/C21H21N2O2/c1-16-6-8-18(9-7-16)21(24)14-23-12-10-20(11-13-23)25-15-19-5-3-4-17(2)22-19/h3-13H,14-15H2,1-2H3/q+1. The molecule has 0 unspecified atom stereocenters.